The third-order valence-corrected chi connectivity index (χ3v) is 4.14. The molecule has 1 aromatic rings. The molecule has 0 radical (unpaired) electrons. The lowest BCUT2D eigenvalue weighted by Crippen LogP contribution is -2.33. The Morgan fingerprint density at radius 1 is 1.18 bits per heavy atom. The first-order valence-corrected chi connectivity index (χ1v) is 6.82. The second kappa shape index (κ2) is 6.20. The van der Waals surface area contributed by atoms with Crippen LogP contribution in [0.4, 0.5) is 0 Å². The van der Waals surface area contributed by atoms with Crippen molar-refractivity contribution in [2.24, 2.45) is 0 Å². The van der Waals surface area contributed by atoms with Crippen LogP contribution in [0, 0.1) is 0 Å². The average Bonchev–Trinajstić information content (AvgIpc) is 2.38. The summed E-state index contributed by atoms with van der Waals surface area (Å²) in [6.07, 6.45) is 2.37. The lowest BCUT2D eigenvalue weighted by atomic mass is 9.79. The Bertz CT molecular complexity index is 328. The molecule has 0 aliphatic carbocycles. The van der Waals surface area contributed by atoms with E-state index in [-0.39, 0.29) is 5.41 Å². The molecule has 0 heterocycles. The van der Waals surface area contributed by atoms with Crippen LogP contribution in [0.3, 0.4) is 0 Å². The summed E-state index contributed by atoms with van der Waals surface area (Å²) in [6.45, 7) is 10.2. The molecule has 1 N–H and O–H groups in total. The Morgan fingerprint density at radius 3 is 2.18 bits per heavy atom. The summed E-state index contributed by atoms with van der Waals surface area (Å²) in [5, 5.41) is 3.31. The Kier molecular flexibility index (Phi) is 5.20. The number of benzene rings is 1. The molecular formula is C16H27N. The van der Waals surface area contributed by atoms with Crippen LogP contribution in [-0.2, 0) is 5.41 Å². The van der Waals surface area contributed by atoms with Gasteiger partial charge in [-0.1, -0.05) is 52.0 Å². The topological polar surface area (TPSA) is 12.0 Å². The first-order chi connectivity index (χ1) is 8.07. The number of nitrogens with one attached hydrogen (secondary N) is 1. The molecule has 0 saturated carbocycles. The van der Waals surface area contributed by atoms with Gasteiger partial charge >= 0.3 is 0 Å². The molecule has 1 rings (SSSR count). The summed E-state index contributed by atoms with van der Waals surface area (Å²) in [7, 11) is 2.03. The molecule has 1 nitrogen and oxygen atoms in total. The molecule has 0 fully saturated rings. The van der Waals surface area contributed by atoms with Gasteiger partial charge in [-0.05, 0) is 36.9 Å². The van der Waals surface area contributed by atoms with Gasteiger partial charge in [0, 0.05) is 12.0 Å². The Labute approximate surface area is 107 Å². The predicted octanol–water partition coefficient (Wildman–Crippen LogP) is 4.09. The van der Waals surface area contributed by atoms with Crippen molar-refractivity contribution < 1.29 is 0 Å². The zero-order chi connectivity index (χ0) is 12.9. The van der Waals surface area contributed by atoms with E-state index in [0.717, 1.165) is 13.0 Å². The predicted molar refractivity (Wildman–Crippen MR) is 76.7 cm³/mol. The first kappa shape index (κ1) is 14.2. The van der Waals surface area contributed by atoms with Crippen molar-refractivity contribution in [3.05, 3.63) is 35.4 Å². The summed E-state index contributed by atoms with van der Waals surface area (Å²) in [4.78, 5) is 0. The summed E-state index contributed by atoms with van der Waals surface area (Å²) in [5.41, 5.74) is 3.16. The largest absolute Gasteiger partial charge is 0.319 e. The summed E-state index contributed by atoms with van der Waals surface area (Å²) < 4.78 is 0. The van der Waals surface area contributed by atoms with E-state index in [0.29, 0.717) is 5.92 Å². The van der Waals surface area contributed by atoms with E-state index in [1.165, 1.54) is 17.5 Å². The van der Waals surface area contributed by atoms with Gasteiger partial charge in [0.2, 0.25) is 0 Å². The second-order valence-corrected chi connectivity index (χ2v) is 5.38. The van der Waals surface area contributed by atoms with Crippen LogP contribution >= 0.6 is 0 Å². The number of hydrogen-bond donors (Lipinski definition) is 1. The smallest absolute Gasteiger partial charge is 0.00468 e. The second-order valence-electron chi connectivity index (χ2n) is 5.38. The van der Waals surface area contributed by atoms with E-state index in [2.05, 4.69) is 57.3 Å². The fraction of sp³-hybridized carbons (Fsp3) is 0.625. The quantitative estimate of drug-likeness (QED) is 0.780. The first-order valence-electron chi connectivity index (χ1n) is 6.82. The van der Waals surface area contributed by atoms with Gasteiger partial charge < -0.3 is 5.32 Å². The summed E-state index contributed by atoms with van der Waals surface area (Å²) >= 11 is 0. The highest BCUT2D eigenvalue weighted by Crippen LogP contribution is 2.28. The molecule has 2 atom stereocenters. The fourth-order valence-electron chi connectivity index (χ4n) is 2.27. The van der Waals surface area contributed by atoms with Gasteiger partial charge in [0.15, 0.2) is 0 Å². The minimum Gasteiger partial charge on any atom is -0.319 e. The van der Waals surface area contributed by atoms with E-state index in [1.807, 2.05) is 7.05 Å². The molecule has 0 aliphatic rings. The van der Waals surface area contributed by atoms with Crippen molar-refractivity contribution in [1.82, 2.24) is 5.32 Å². The van der Waals surface area contributed by atoms with Gasteiger partial charge in [-0.25, -0.2) is 0 Å². The van der Waals surface area contributed by atoms with E-state index in [4.69, 9.17) is 0 Å². The Hall–Kier alpha value is -0.820. The van der Waals surface area contributed by atoms with Crippen LogP contribution in [0.25, 0.3) is 0 Å². The van der Waals surface area contributed by atoms with E-state index in [9.17, 15) is 0 Å². The van der Waals surface area contributed by atoms with Gasteiger partial charge in [-0.15, -0.1) is 0 Å². The standard InChI is InChI=1S/C16H27N/c1-6-13(3)14-8-10-15(11-9-14)16(4,7-2)12-17-5/h8-11,13,17H,6-7,12H2,1-5H3. The molecule has 96 valence electrons. The molecular weight excluding hydrogens is 206 g/mol. The van der Waals surface area contributed by atoms with Gasteiger partial charge in [0.05, 0.1) is 0 Å². The van der Waals surface area contributed by atoms with Crippen molar-refractivity contribution in [3.63, 3.8) is 0 Å². The van der Waals surface area contributed by atoms with Crippen molar-refractivity contribution in [3.8, 4) is 0 Å². The number of rotatable bonds is 6. The number of likely N-dealkylation sites (N-methyl/N-ethyl adjacent to an activating group) is 1. The van der Waals surface area contributed by atoms with Gasteiger partial charge in [-0.3, -0.25) is 0 Å². The SMILES string of the molecule is CCC(C)c1ccc(C(C)(CC)CNC)cc1. The van der Waals surface area contributed by atoms with Crippen LogP contribution in [0.2, 0.25) is 0 Å². The van der Waals surface area contributed by atoms with Crippen molar-refractivity contribution in [2.75, 3.05) is 13.6 Å². The third-order valence-electron chi connectivity index (χ3n) is 4.14. The molecule has 1 aromatic carbocycles. The van der Waals surface area contributed by atoms with Crippen LogP contribution < -0.4 is 5.32 Å². The summed E-state index contributed by atoms with van der Waals surface area (Å²) in [6, 6.07) is 9.21. The van der Waals surface area contributed by atoms with Crippen LogP contribution in [0.15, 0.2) is 24.3 Å². The lowest BCUT2D eigenvalue weighted by molar-refractivity contribution is 0.433. The highest BCUT2D eigenvalue weighted by Gasteiger charge is 2.23. The third kappa shape index (κ3) is 3.32. The molecule has 2 unspecified atom stereocenters. The van der Waals surface area contributed by atoms with E-state index in [1.54, 1.807) is 0 Å². The average molecular weight is 233 g/mol. The molecule has 0 saturated heterocycles. The normalized spacial score (nSPS) is 16.5. The zero-order valence-electron chi connectivity index (χ0n) is 12.0. The van der Waals surface area contributed by atoms with Gasteiger partial charge in [0.1, 0.15) is 0 Å². The highest BCUT2D eigenvalue weighted by atomic mass is 14.8. The minimum atomic E-state index is 0.253. The Balaban J connectivity index is 2.92. The van der Waals surface area contributed by atoms with E-state index >= 15 is 0 Å². The van der Waals surface area contributed by atoms with Crippen molar-refractivity contribution >= 4 is 0 Å². The summed E-state index contributed by atoms with van der Waals surface area (Å²) in [5.74, 6) is 0.668. The maximum Gasteiger partial charge on any atom is 0.00468 e. The molecule has 0 amide bonds. The van der Waals surface area contributed by atoms with Gasteiger partial charge in [-0.2, -0.15) is 0 Å². The molecule has 0 aliphatic heterocycles. The highest BCUT2D eigenvalue weighted by molar-refractivity contribution is 5.30. The molecule has 0 aromatic heterocycles. The molecule has 0 bridgehead atoms. The lowest BCUT2D eigenvalue weighted by Gasteiger charge is -2.29. The van der Waals surface area contributed by atoms with Gasteiger partial charge in [0.25, 0.3) is 0 Å². The van der Waals surface area contributed by atoms with Crippen LogP contribution in [0.5, 0.6) is 0 Å². The maximum atomic E-state index is 3.31. The Morgan fingerprint density at radius 2 is 1.76 bits per heavy atom. The monoisotopic (exact) mass is 233 g/mol. The van der Waals surface area contributed by atoms with Crippen LogP contribution in [0.1, 0.15) is 57.6 Å². The molecule has 17 heavy (non-hydrogen) atoms. The van der Waals surface area contributed by atoms with E-state index < -0.39 is 0 Å². The van der Waals surface area contributed by atoms with Crippen LogP contribution in [-0.4, -0.2) is 13.6 Å². The minimum absolute atomic E-state index is 0.253. The molecule has 0 spiro atoms. The van der Waals surface area contributed by atoms with Crippen molar-refractivity contribution in [1.29, 1.82) is 0 Å². The zero-order valence-corrected chi connectivity index (χ0v) is 12.0. The maximum absolute atomic E-state index is 3.31. The fourth-order valence-corrected chi connectivity index (χ4v) is 2.27. The van der Waals surface area contributed by atoms with Crippen molar-refractivity contribution in [2.45, 2.75) is 51.9 Å². The number of hydrogen-bond acceptors (Lipinski definition) is 1. The molecule has 1 heteroatoms.